The SMILES string of the molecule is CCCCCCN1C(=O)C(c2ccc(OC)cc2)=C(N2CCN(CC)CC2)C1=O. The Morgan fingerprint density at radius 1 is 0.897 bits per heavy atom. The standard InChI is InChI=1S/C23H33N3O3/c1-4-6-7-8-13-26-22(27)20(18-9-11-19(29-3)12-10-18)21(23(26)28)25-16-14-24(5-2)15-17-25/h9-12H,4-8,13-17H2,1-3H3. The van der Waals surface area contributed by atoms with Crippen molar-refractivity contribution in [3.05, 3.63) is 35.5 Å². The number of piperazine rings is 1. The highest BCUT2D eigenvalue weighted by molar-refractivity contribution is 6.35. The summed E-state index contributed by atoms with van der Waals surface area (Å²) in [6, 6.07) is 7.44. The maximum absolute atomic E-state index is 13.3. The van der Waals surface area contributed by atoms with Crippen molar-refractivity contribution >= 4 is 17.4 Å². The van der Waals surface area contributed by atoms with Crippen LogP contribution >= 0.6 is 0 Å². The summed E-state index contributed by atoms with van der Waals surface area (Å²) in [6.07, 6.45) is 4.15. The molecule has 1 aromatic carbocycles. The molecule has 2 aliphatic rings. The first-order chi connectivity index (χ1) is 14.1. The summed E-state index contributed by atoms with van der Waals surface area (Å²) in [5.41, 5.74) is 1.90. The molecule has 3 rings (SSSR count). The average molecular weight is 400 g/mol. The number of carbonyl (C=O) groups is 2. The number of methoxy groups -OCH3 is 1. The van der Waals surface area contributed by atoms with Crippen molar-refractivity contribution < 1.29 is 14.3 Å². The number of likely N-dealkylation sites (N-methyl/N-ethyl adjacent to an activating group) is 1. The minimum absolute atomic E-state index is 0.137. The average Bonchev–Trinajstić information content (AvgIpc) is 3.01. The molecule has 0 radical (unpaired) electrons. The molecule has 0 aromatic heterocycles. The summed E-state index contributed by atoms with van der Waals surface area (Å²) >= 11 is 0. The Morgan fingerprint density at radius 2 is 1.59 bits per heavy atom. The summed E-state index contributed by atoms with van der Waals surface area (Å²) in [5, 5.41) is 0. The molecule has 0 unspecified atom stereocenters. The van der Waals surface area contributed by atoms with Crippen LogP contribution in [0.4, 0.5) is 0 Å². The van der Waals surface area contributed by atoms with Gasteiger partial charge in [-0.25, -0.2) is 0 Å². The molecular weight excluding hydrogens is 366 g/mol. The van der Waals surface area contributed by atoms with Gasteiger partial charge in [0.1, 0.15) is 11.4 Å². The van der Waals surface area contributed by atoms with Crippen LogP contribution in [0.3, 0.4) is 0 Å². The smallest absolute Gasteiger partial charge is 0.277 e. The first kappa shape index (κ1) is 21.4. The molecule has 0 atom stereocenters. The van der Waals surface area contributed by atoms with Crippen LogP contribution in [0.15, 0.2) is 30.0 Å². The fourth-order valence-corrected chi connectivity index (χ4v) is 4.06. The van der Waals surface area contributed by atoms with E-state index in [0.29, 0.717) is 17.8 Å². The Morgan fingerprint density at radius 3 is 2.17 bits per heavy atom. The molecule has 1 saturated heterocycles. The largest absolute Gasteiger partial charge is 0.497 e. The molecular formula is C23H33N3O3. The Balaban J connectivity index is 1.88. The van der Waals surface area contributed by atoms with E-state index in [1.807, 2.05) is 24.3 Å². The van der Waals surface area contributed by atoms with Crippen molar-refractivity contribution in [2.45, 2.75) is 39.5 Å². The van der Waals surface area contributed by atoms with Gasteiger partial charge in [0.05, 0.1) is 12.7 Å². The van der Waals surface area contributed by atoms with Gasteiger partial charge in [-0.1, -0.05) is 45.2 Å². The third-order valence-corrected chi connectivity index (χ3v) is 5.89. The highest BCUT2D eigenvalue weighted by atomic mass is 16.5. The Hall–Kier alpha value is -2.34. The molecule has 0 bridgehead atoms. The van der Waals surface area contributed by atoms with E-state index in [9.17, 15) is 9.59 Å². The zero-order valence-electron chi connectivity index (χ0n) is 17.9. The molecule has 2 aliphatic heterocycles. The van der Waals surface area contributed by atoms with E-state index in [1.54, 1.807) is 7.11 Å². The summed E-state index contributed by atoms with van der Waals surface area (Å²) < 4.78 is 5.25. The van der Waals surface area contributed by atoms with Gasteiger partial charge >= 0.3 is 0 Å². The van der Waals surface area contributed by atoms with Gasteiger partial charge in [0, 0.05) is 32.7 Å². The van der Waals surface area contributed by atoms with Gasteiger partial charge in [-0.3, -0.25) is 14.5 Å². The number of hydrogen-bond acceptors (Lipinski definition) is 5. The van der Waals surface area contributed by atoms with E-state index in [1.165, 1.54) is 4.90 Å². The third kappa shape index (κ3) is 4.64. The predicted octanol–water partition coefficient (Wildman–Crippen LogP) is 2.99. The number of hydrogen-bond donors (Lipinski definition) is 0. The molecule has 6 heteroatoms. The molecule has 0 saturated carbocycles. The van der Waals surface area contributed by atoms with Crippen molar-refractivity contribution in [1.29, 1.82) is 0 Å². The fraction of sp³-hybridized carbons (Fsp3) is 0.565. The summed E-state index contributed by atoms with van der Waals surface area (Å²) in [7, 11) is 1.62. The monoisotopic (exact) mass is 399 g/mol. The highest BCUT2D eigenvalue weighted by Crippen LogP contribution is 2.33. The lowest BCUT2D eigenvalue weighted by Crippen LogP contribution is -2.47. The second-order valence-corrected chi connectivity index (χ2v) is 7.70. The molecule has 0 spiro atoms. The number of carbonyl (C=O) groups excluding carboxylic acids is 2. The van der Waals surface area contributed by atoms with Gasteiger partial charge in [0.2, 0.25) is 0 Å². The van der Waals surface area contributed by atoms with Crippen molar-refractivity contribution in [1.82, 2.24) is 14.7 Å². The van der Waals surface area contributed by atoms with Crippen LogP contribution in [-0.4, -0.2) is 72.9 Å². The summed E-state index contributed by atoms with van der Waals surface area (Å²) in [5.74, 6) is 0.438. The van der Waals surface area contributed by atoms with Gasteiger partial charge in [0.25, 0.3) is 11.8 Å². The quantitative estimate of drug-likeness (QED) is 0.472. The Labute approximate surface area is 174 Å². The second kappa shape index (κ2) is 9.92. The van der Waals surface area contributed by atoms with Gasteiger partial charge in [-0.2, -0.15) is 0 Å². The Kier molecular flexibility index (Phi) is 7.31. The maximum Gasteiger partial charge on any atom is 0.277 e. The van der Waals surface area contributed by atoms with Crippen molar-refractivity contribution in [3.63, 3.8) is 0 Å². The van der Waals surface area contributed by atoms with Crippen LogP contribution in [0.1, 0.15) is 45.1 Å². The number of benzene rings is 1. The fourth-order valence-electron chi connectivity index (χ4n) is 4.06. The molecule has 158 valence electrons. The van der Waals surface area contributed by atoms with Crippen LogP contribution in [-0.2, 0) is 9.59 Å². The number of nitrogens with zero attached hydrogens (tertiary/aromatic N) is 3. The maximum atomic E-state index is 13.3. The molecule has 2 amide bonds. The number of rotatable bonds is 9. The first-order valence-corrected chi connectivity index (χ1v) is 10.8. The summed E-state index contributed by atoms with van der Waals surface area (Å²) in [4.78, 5) is 32.5. The number of amides is 2. The zero-order valence-corrected chi connectivity index (χ0v) is 17.9. The topological polar surface area (TPSA) is 53.1 Å². The van der Waals surface area contributed by atoms with E-state index in [4.69, 9.17) is 4.74 Å². The van der Waals surface area contributed by atoms with Crippen LogP contribution in [0.5, 0.6) is 5.75 Å². The van der Waals surface area contributed by atoms with Crippen molar-refractivity contribution in [2.75, 3.05) is 46.4 Å². The van der Waals surface area contributed by atoms with Crippen LogP contribution in [0, 0.1) is 0 Å². The van der Waals surface area contributed by atoms with Gasteiger partial charge in [0.15, 0.2) is 0 Å². The van der Waals surface area contributed by atoms with Crippen LogP contribution < -0.4 is 4.74 Å². The molecule has 29 heavy (non-hydrogen) atoms. The van der Waals surface area contributed by atoms with Gasteiger partial charge in [-0.15, -0.1) is 0 Å². The predicted molar refractivity (Wildman–Crippen MR) is 114 cm³/mol. The normalized spacial score (nSPS) is 18.2. The molecule has 0 N–H and O–H groups in total. The molecule has 1 fully saturated rings. The lowest BCUT2D eigenvalue weighted by Gasteiger charge is -2.36. The lowest BCUT2D eigenvalue weighted by molar-refractivity contribution is -0.137. The third-order valence-electron chi connectivity index (χ3n) is 5.89. The van der Waals surface area contributed by atoms with E-state index in [-0.39, 0.29) is 11.8 Å². The molecule has 6 nitrogen and oxygen atoms in total. The lowest BCUT2D eigenvalue weighted by atomic mass is 10.0. The first-order valence-electron chi connectivity index (χ1n) is 10.8. The van der Waals surface area contributed by atoms with E-state index >= 15 is 0 Å². The van der Waals surface area contributed by atoms with Crippen LogP contribution in [0.2, 0.25) is 0 Å². The molecule has 0 aliphatic carbocycles. The van der Waals surface area contributed by atoms with Crippen molar-refractivity contribution in [2.24, 2.45) is 0 Å². The minimum Gasteiger partial charge on any atom is -0.497 e. The van der Waals surface area contributed by atoms with E-state index < -0.39 is 0 Å². The molecule has 2 heterocycles. The second-order valence-electron chi connectivity index (χ2n) is 7.70. The molecule has 1 aromatic rings. The number of imide groups is 1. The summed E-state index contributed by atoms with van der Waals surface area (Å²) in [6.45, 7) is 9.17. The number of ether oxygens (including phenoxy) is 1. The van der Waals surface area contributed by atoms with Crippen LogP contribution in [0.25, 0.3) is 5.57 Å². The van der Waals surface area contributed by atoms with Gasteiger partial charge in [-0.05, 0) is 30.7 Å². The van der Waals surface area contributed by atoms with E-state index in [0.717, 1.165) is 69.7 Å². The highest BCUT2D eigenvalue weighted by Gasteiger charge is 2.41. The minimum atomic E-state index is -0.162. The van der Waals surface area contributed by atoms with Crippen molar-refractivity contribution in [3.8, 4) is 5.75 Å². The Bertz CT molecular complexity index is 749. The van der Waals surface area contributed by atoms with E-state index in [2.05, 4.69) is 23.6 Å². The zero-order chi connectivity index (χ0) is 20.8. The number of unbranched alkanes of at least 4 members (excludes halogenated alkanes) is 3. The van der Waals surface area contributed by atoms with Gasteiger partial charge < -0.3 is 14.5 Å².